The van der Waals surface area contributed by atoms with Crippen LogP contribution in [0.25, 0.3) is 28.0 Å². The van der Waals surface area contributed by atoms with Crippen molar-refractivity contribution in [1.82, 2.24) is 0 Å². The van der Waals surface area contributed by atoms with Crippen molar-refractivity contribution < 1.29 is 83.9 Å². The number of aliphatic carboxylic acids is 1. The second-order valence-corrected chi connectivity index (χ2v) is 18.3. The molecule has 0 saturated heterocycles. The van der Waals surface area contributed by atoms with Gasteiger partial charge in [-0.05, 0) is 62.9 Å². The zero-order chi connectivity index (χ0) is 43.1. The molecular formula is C42H53N2NaO13S2+2. The van der Waals surface area contributed by atoms with Gasteiger partial charge in [0.15, 0.2) is 16.7 Å². The van der Waals surface area contributed by atoms with Crippen molar-refractivity contribution in [2.24, 2.45) is 0 Å². The molecular weight excluding hydrogens is 828 g/mol. The minimum absolute atomic E-state index is 0. The Hall–Kier alpha value is -3.84. The number of unbranched alkanes of at least 4 members (excludes halogenated alkanes) is 6. The molecule has 320 valence electrons. The Balaban J connectivity index is 0.00000794. The van der Waals surface area contributed by atoms with Crippen molar-refractivity contribution in [3.63, 3.8) is 0 Å². The molecule has 4 aromatic rings. The van der Waals surface area contributed by atoms with Gasteiger partial charge in [-0.2, -0.15) is 21.4 Å². The third kappa shape index (κ3) is 11.5. The Labute approximate surface area is 371 Å². The minimum atomic E-state index is -4.69. The normalized spacial score (nSPS) is 15.6. The first-order chi connectivity index (χ1) is 27.9. The van der Waals surface area contributed by atoms with Gasteiger partial charge in [0.1, 0.15) is 17.7 Å². The van der Waals surface area contributed by atoms with Crippen LogP contribution in [-0.2, 0) is 30.4 Å². The number of allylic oxidation sites excluding steroid dienone is 1. The van der Waals surface area contributed by atoms with Gasteiger partial charge in [0, 0.05) is 55.4 Å². The first-order valence-electron chi connectivity index (χ1n) is 20.0. The van der Waals surface area contributed by atoms with E-state index < -0.39 is 70.2 Å². The third-order valence-electron chi connectivity index (χ3n) is 10.9. The van der Waals surface area contributed by atoms with Crippen LogP contribution >= 0.6 is 0 Å². The van der Waals surface area contributed by atoms with Crippen LogP contribution in [-0.4, -0.2) is 77.8 Å². The topological polar surface area (TPSA) is 233 Å². The standard InChI is InChI=1S/C42H52N2O13S2.Na/c1-4-6-8-10-22-43(23-11-9-7-5-2)28-15-17-30-34(26-28)56-41(49)37-38(47)31(40(48)57-39(30)37)18-20-35-42(3,21-12-14-36(45)46)32-27-29(59(53,54)55)16-19-33(32)44(35)24-13-25-58(50,51)52;/h15-20,26-27H,4-14,21-25H2,1-3H3,(H3,45,46,50,51,52,53,54,55);/q;+1/p+1. The zero-order valence-corrected chi connectivity index (χ0v) is 38.2. The fourth-order valence-electron chi connectivity index (χ4n) is 7.88. The molecule has 0 fully saturated rings. The largest absolute Gasteiger partial charge is 1.00 e. The van der Waals surface area contributed by atoms with Crippen LogP contribution in [0.15, 0.2) is 65.8 Å². The molecule has 1 aliphatic rings. The van der Waals surface area contributed by atoms with Crippen molar-refractivity contribution in [3.05, 3.63) is 74.2 Å². The first kappa shape index (κ1) is 48.8. The Bertz CT molecular complexity index is 2610. The SMILES string of the molecule is CCCCCCN(CCCCCC)c1ccc2c(c1)oc(=O)c1c(=O)c(C=CC3=[N+](CCCS(=O)(=O)O)c4ccc(S(=O)(=O)O)cc4C3(C)CCCC(=O)O)c(O)oc12.[Na+]. The van der Waals surface area contributed by atoms with E-state index in [9.17, 15) is 50.5 Å². The van der Waals surface area contributed by atoms with Crippen LogP contribution in [0.4, 0.5) is 11.4 Å². The van der Waals surface area contributed by atoms with E-state index in [1.54, 1.807) is 23.6 Å². The summed E-state index contributed by atoms with van der Waals surface area (Å²) in [6.07, 6.45) is 11.2. The summed E-state index contributed by atoms with van der Waals surface area (Å²) < 4.78 is 80.2. The number of aromatic hydroxyl groups is 1. The van der Waals surface area contributed by atoms with Gasteiger partial charge in [0.25, 0.3) is 26.2 Å². The molecule has 3 heterocycles. The molecule has 2 aromatic carbocycles. The fraction of sp³-hybridized carbons (Fsp3) is 0.476. The number of fused-ring (bicyclic) bond motifs is 4. The maximum Gasteiger partial charge on any atom is 1.00 e. The van der Waals surface area contributed by atoms with E-state index >= 15 is 0 Å². The van der Waals surface area contributed by atoms with Gasteiger partial charge in [-0.1, -0.05) is 52.4 Å². The van der Waals surface area contributed by atoms with Gasteiger partial charge in [0.05, 0.1) is 21.4 Å². The second kappa shape index (κ2) is 20.8. The molecule has 60 heavy (non-hydrogen) atoms. The first-order valence-corrected chi connectivity index (χ1v) is 23.1. The Morgan fingerprint density at radius 3 is 2.13 bits per heavy atom. The fourth-order valence-corrected chi connectivity index (χ4v) is 8.88. The summed E-state index contributed by atoms with van der Waals surface area (Å²) >= 11 is 0. The average Bonchev–Trinajstić information content (AvgIpc) is 3.38. The van der Waals surface area contributed by atoms with E-state index in [1.807, 2.05) is 6.07 Å². The smallest absolute Gasteiger partial charge is 0.481 e. The van der Waals surface area contributed by atoms with E-state index in [0.717, 1.165) is 76.2 Å². The number of carboxylic acids is 1. The van der Waals surface area contributed by atoms with Crippen molar-refractivity contribution in [1.29, 1.82) is 0 Å². The molecule has 2 aromatic heterocycles. The molecule has 4 N–H and O–H groups in total. The second-order valence-electron chi connectivity index (χ2n) is 15.3. The molecule has 1 aliphatic heterocycles. The van der Waals surface area contributed by atoms with E-state index in [1.165, 1.54) is 24.3 Å². The molecule has 0 aliphatic carbocycles. The number of hydrogen-bond acceptors (Lipinski definition) is 11. The number of carboxylic acid groups (broad SMARTS) is 1. The summed E-state index contributed by atoms with van der Waals surface area (Å²) in [5.74, 6) is -2.51. The molecule has 0 amide bonds. The van der Waals surface area contributed by atoms with Gasteiger partial charge in [-0.3, -0.25) is 18.7 Å². The maximum absolute atomic E-state index is 14.1. The van der Waals surface area contributed by atoms with E-state index in [4.69, 9.17) is 8.83 Å². The molecule has 15 nitrogen and oxygen atoms in total. The van der Waals surface area contributed by atoms with Crippen molar-refractivity contribution >= 4 is 71.3 Å². The Morgan fingerprint density at radius 1 is 0.867 bits per heavy atom. The quantitative estimate of drug-likeness (QED) is 0.0214. The number of hydrogen-bond donors (Lipinski definition) is 4. The summed E-state index contributed by atoms with van der Waals surface area (Å²) in [5.41, 5.74) is -1.53. The summed E-state index contributed by atoms with van der Waals surface area (Å²) in [6.45, 7) is 7.61. The van der Waals surface area contributed by atoms with Crippen molar-refractivity contribution in [2.45, 2.75) is 108 Å². The predicted molar refractivity (Wildman–Crippen MR) is 226 cm³/mol. The van der Waals surface area contributed by atoms with Crippen molar-refractivity contribution in [3.8, 4) is 5.95 Å². The average molecular weight is 881 g/mol. The minimum Gasteiger partial charge on any atom is -0.481 e. The van der Waals surface area contributed by atoms with E-state index in [0.29, 0.717) is 22.3 Å². The monoisotopic (exact) mass is 880 g/mol. The molecule has 1 atom stereocenters. The van der Waals surface area contributed by atoms with Gasteiger partial charge in [-0.15, -0.1) is 0 Å². The summed E-state index contributed by atoms with van der Waals surface area (Å²) in [7, 11) is -9.06. The number of nitrogens with zero attached hydrogens (tertiary/aromatic N) is 2. The number of rotatable bonds is 22. The van der Waals surface area contributed by atoms with Crippen LogP contribution in [0.5, 0.6) is 5.95 Å². The van der Waals surface area contributed by atoms with Crippen LogP contribution in [0.1, 0.15) is 109 Å². The van der Waals surface area contributed by atoms with Crippen LogP contribution in [0.2, 0.25) is 0 Å². The summed E-state index contributed by atoms with van der Waals surface area (Å²) in [5, 5.41) is 20.5. The number of carbonyl (C=O) groups is 1. The van der Waals surface area contributed by atoms with Gasteiger partial charge >= 0.3 is 41.2 Å². The van der Waals surface area contributed by atoms with Gasteiger partial charge < -0.3 is 23.9 Å². The number of anilines is 1. The number of benzene rings is 2. The molecule has 1 unspecified atom stereocenters. The van der Waals surface area contributed by atoms with E-state index in [2.05, 4.69) is 18.7 Å². The van der Waals surface area contributed by atoms with Crippen LogP contribution < -0.4 is 45.5 Å². The molecule has 0 spiro atoms. The Morgan fingerprint density at radius 2 is 1.53 bits per heavy atom. The maximum atomic E-state index is 14.1. The zero-order valence-electron chi connectivity index (χ0n) is 34.6. The summed E-state index contributed by atoms with van der Waals surface area (Å²) in [4.78, 5) is 41.0. The molecule has 0 bridgehead atoms. The van der Waals surface area contributed by atoms with Gasteiger partial charge in [-0.25, -0.2) is 4.79 Å². The molecule has 0 radical (unpaired) electrons. The molecule has 0 saturated carbocycles. The third-order valence-corrected chi connectivity index (χ3v) is 12.6. The van der Waals surface area contributed by atoms with E-state index in [-0.39, 0.29) is 73.0 Å². The molecule has 18 heteroatoms. The Kier molecular flexibility index (Phi) is 16.9. The predicted octanol–water partition coefficient (Wildman–Crippen LogP) is 4.43. The molecule has 5 rings (SSSR count). The van der Waals surface area contributed by atoms with Crippen LogP contribution in [0, 0.1) is 0 Å². The van der Waals surface area contributed by atoms with Crippen LogP contribution in [0.3, 0.4) is 0 Å². The van der Waals surface area contributed by atoms with Crippen molar-refractivity contribution in [2.75, 3.05) is 30.3 Å². The summed E-state index contributed by atoms with van der Waals surface area (Å²) in [6, 6.07) is 9.11. The van der Waals surface area contributed by atoms with Gasteiger partial charge in [0.2, 0.25) is 11.1 Å².